The summed E-state index contributed by atoms with van der Waals surface area (Å²) in [6.45, 7) is 2.91. The number of fused-ring (bicyclic) bond motifs is 5. The van der Waals surface area contributed by atoms with Gasteiger partial charge in [0.2, 0.25) is 5.91 Å². The number of nitrogens with zero attached hydrogens (tertiary/aromatic N) is 6. The smallest absolute Gasteiger partial charge is 0.397 e. The number of para-hydroxylation sites is 1. The number of hydrogen-bond acceptors (Lipinski definition) is 7. The molecule has 4 aliphatic rings. The molecule has 16 heteroatoms. The van der Waals surface area contributed by atoms with Crippen LogP contribution in [0.2, 0.25) is 5.02 Å². The minimum absolute atomic E-state index is 0.138. The van der Waals surface area contributed by atoms with Crippen molar-refractivity contribution in [2.45, 2.75) is 81.3 Å². The highest BCUT2D eigenvalue weighted by Gasteiger charge is 2.42. The van der Waals surface area contributed by atoms with Crippen molar-refractivity contribution in [1.82, 2.24) is 39.5 Å². The zero-order valence-electron chi connectivity index (χ0n) is 30.1. The van der Waals surface area contributed by atoms with Crippen LogP contribution in [-0.4, -0.2) is 117 Å². The summed E-state index contributed by atoms with van der Waals surface area (Å²) in [6.07, 6.45) is 2.36. The number of imidazole rings is 1. The molecule has 3 atom stereocenters. The number of aromatic nitrogens is 3. The first-order valence-corrected chi connectivity index (χ1v) is 19.2. The molecule has 8 rings (SSSR count). The molecule has 3 unspecified atom stereocenters. The lowest BCUT2D eigenvalue weighted by Gasteiger charge is -2.45. The van der Waals surface area contributed by atoms with Gasteiger partial charge >= 0.3 is 17.9 Å². The van der Waals surface area contributed by atoms with Crippen molar-refractivity contribution in [2.24, 2.45) is 0 Å². The highest BCUT2D eigenvalue weighted by atomic mass is 35.5. The quantitative estimate of drug-likeness (QED) is 0.239. The molecule has 0 saturated carbocycles. The highest BCUT2D eigenvalue weighted by Crippen LogP contribution is 2.39. The normalized spacial score (nSPS) is 23.7. The molecular formula is C38H45ClF3N9O3. The van der Waals surface area contributed by atoms with Crippen molar-refractivity contribution in [3.63, 3.8) is 0 Å². The first kappa shape index (κ1) is 36.6. The third-order valence-electron chi connectivity index (χ3n) is 12.3. The molecule has 2 aromatic heterocycles. The molecule has 0 spiro atoms. The summed E-state index contributed by atoms with van der Waals surface area (Å²) in [7, 11) is 2.21. The Hall–Kier alpha value is -4.34. The zero-order chi connectivity index (χ0) is 37.9. The summed E-state index contributed by atoms with van der Waals surface area (Å²) in [4.78, 5) is 57.0. The summed E-state index contributed by atoms with van der Waals surface area (Å²) in [5.74, 6) is -0.354. The van der Waals surface area contributed by atoms with E-state index in [0.29, 0.717) is 81.3 Å². The number of piperidine rings is 2. The monoisotopic (exact) mass is 767 g/mol. The Balaban J connectivity index is 0.970. The van der Waals surface area contributed by atoms with E-state index >= 15 is 0 Å². The van der Waals surface area contributed by atoms with Crippen molar-refractivity contribution in [3.05, 3.63) is 69.2 Å². The van der Waals surface area contributed by atoms with Crippen molar-refractivity contribution in [3.8, 4) is 0 Å². The Morgan fingerprint density at radius 2 is 1.65 bits per heavy atom. The molecule has 3 amide bonds. The number of nitrogen functional groups attached to an aromatic ring is 1. The minimum atomic E-state index is -4.75. The maximum atomic E-state index is 14.2. The van der Waals surface area contributed by atoms with E-state index in [1.165, 1.54) is 18.9 Å². The number of nitrogens with one attached hydrogen (secondary N) is 2. The number of aromatic amines is 1. The fourth-order valence-electron chi connectivity index (χ4n) is 9.32. The second-order valence-corrected chi connectivity index (χ2v) is 15.7. The number of amides is 3. The van der Waals surface area contributed by atoms with Crippen LogP contribution in [0.5, 0.6) is 0 Å². The highest BCUT2D eigenvalue weighted by molar-refractivity contribution is 6.33. The van der Waals surface area contributed by atoms with E-state index in [1.807, 2.05) is 24.3 Å². The van der Waals surface area contributed by atoms with Crippen LogP contribution in [0.1, 0.15) is 55.7 Å². The van der Waals surface area contributed by atoms with Gasteiger partial charge < -0.3 is 30.7 Å². The number of benzene rings is 2. The Morgan fingerprint density at radius 1 is 0.963 bits per heavy atom. The third kappa shape index (κ3) is 6.90. The molecule has 4 aliphatic heterocycles. The van der Waals surface area contributed by atoms with Crippen LogP contribution in [0.3, 0.4) is 0 Å². The second-order valence-electron chi connectivity index (χ2n) is 15.3. The standard InChI is InChI=1S/C38H45ClF3N9O3/c1-47-24-6-7-25(47)20-26(19-24)48-12-14-49(15-13-48)35(52)31(18-22-16-28(38(40,41)42)33(43)29(39)17-22)45-36(53)50-10-8-23(9-11-50)51-32-21-44-30-5-3-2-4-27(30)34(32)46-37(51)54/h2-5,16-17,21,23-26,31H,6-15,18-20,43H2,1H3,(H,45,53)(H,46,54). The number of carbonyl (C=O) groups is 2. The van der Waals surface area contributed by atoms with E-state index in [9.17, 15) is 27.6 Å². The summed E-state index contributed by atoms with van der Waals surface area (Å²) < 4.78 is 43.4. The van der Waals surface area contributed by atoms with Gasteiger partial charge in [-0.25, -0.2) is 9.59 Å². The number of halogens is 4. The first-order valence-electron chi connectivity index (χ1n) is 18.8. The number of carbonyl (C=O) groups excluding carboxylic acids is 2. The maximum Gasteiger partial charge on any atom is 0.418 e. The van der Waals surface area contributed by atoms with Gasteiger partial charge in [0.05, 0.1) is 39.0 Å². The van der Waals surface area contributed by atoms with Crippen molar-refractivity contribution in [1.29, 1.82) is 0 Å². The topological polar surface area (TPSA) is 136 Å². The number of anilines is 1. The molecule has 6 heterocycles. The van der Waals surface area contributed by atoms with Crippen LogP contribution in [0.4, 0.5) is 23.7 Å². The molecule has 2 bridgehead atoms. The lowest BCUT2D eigenvalue weighted by atomic mass is 9.95. The number of urea groups is 1. The lowest BCUT2D eigenvalue weighted by molar-refractivity contribution is -0.137. The zero-order valence-corrected chi connectivity index (χ0v) is 30.9. The number of piperazine rings is 1. The summed E-state index contributed by atoms with van der Waals surface area (Å²) >= 11 is 6.17. The van der Waals surface area contributed by atoms with E-state index in [0.717, 1.165) is 29.8 Å². The first-order chi connectivity index (χ1) is 25.9. The molecule has 54 heavy (non-hydrogen) atoms. The van der Waals surface area contributed by atoms with E-state index in [-0.39, 0.29) is 34.6 Å². The van der Waals surface area contributed by atoms with E-state index in [1.54, 1.807) is 20.6 Å². The van der Waals surface area contributed by atoms with Crippen molar-refractivity contribution >= 4 is 51.2 Å². The number of nitrogens with two attached hydrogens (primary N) is 1. The Bertz CT molecular complexity index is 2110. The SMILES string of the molecule is CN1C2CCC1CC(N1CCN(C(=O)C(Cc3cc(Cl)c(N)c(C(F)(F)F)c3)NC(=O)N3CCC(n4c(=O)[nH]c5c6ccccc6ncc54)CC3)CC1)C2. The summed E-state index contributed by atoms with van der Waals surface area (Å²) in [5.41, 5.74) is 6.10. The van der Waals surface area contributed by atoms with Crippen molar-refractivity contribution in [2.75, 3.05) is 52.0 Å². The molecular weight excluding hydrogens is 723 g/mol. The summed E-state index contributed by atoms with van der Waals surface area (Å²) in [6, 6.07) is 9.62. The maximum absolute atomic E-state index is 14.2. The van der Waals surface area contributed by atoms with E-state index < -0.39 is 29.5 Å². The Kier molecular flexibility index (Phi) is 9.76. The van der Waals surface area contributed by atoms with E-state index in [2.05, 4.69) is 32.1 Å². The van der Waals surface area contributed by atoms with Crippen LogP contribution >= 0.6 is 11.6 Å². The van der Waals surface area contributed by atoms with Gasteiger partial charge in [0.1, 0.15) is 6.04 Å². The van der Waals surface area contributed by atoms with Crippen LogP contribution in [0.25, 0.3) is 21.9 Å². The van der Waals surface area contributed by atoms with Gasteiger partial charge in [0.25, 0.3) is 0 Å². The van der Waals surface area contributed by atoms with Gasteiger partial charge in [-0.05, 0) is 69.3 Å². The molecule has 4 saturated heterocycles. The van der Waals surface area contributed by atoms with Crippen LogP contribution in [0.15, 0.2) is 47.4 Å². The Labute approximate surface area is 315 Å². The molecule has 288 valence electrons. The van der Waals surface area contributed by atoms with Gasteiger partial charge in [-0.3, -0.25) is 19.2 Å². The van der Waals surface area contributed by atoms with Gasteiger partial charge in [0, 0.05) is 75.2 Å². The lowest BCUT2D eigenvalue weighted by Crippen LogP contribution is -2.59. The van der Waals surface area contributed by atoms with Crippen LogP contribution in [-0.2, 0) is 17.4 Å². The van der Waals surface area contributed by atoms with Gasteiger partial charge in [-0.1, -0.05) is 29.8 Å². The molecule has 0 aliphatic carbocycles. The molecule has 4 N–H and O–H groups in total. The molecule has 4 aromatic rings. The molecule has 4 fully saturated rings. The van der Waals surface area contributed by atoms with Crippen molar-refractivity contribution < 1.29 is 22.8 Å². The number of H-pyrrole nitrogens is 1. The van der Waals surface area contributed by atoms with Gasteiger partial charge in [0.15, 0.2) is 0 Å². The number of alkyl halides is 3. The predicted molar refractivity (Wildman–Crippen MR) is 200 cm³/mol. The van der Waals surface area contributed by atoms with Gasteiger partial charge in [-0.2, -0.15) is 13.2 Å². The predicted octanol–water partition coefficient (Wildman–Crippen LogP) is 4.86. The fraction of sp³-hybridized carbons (Fsp3) is 0.526. The second kappa shape index (κ2) is 14.4. The minimum Gasteiger partial charge on any atom is -0.397 e. The molecule has 2 aromatic carbocycles. The number of pyridine rings is 1. The van der Waals surface area contributed by atoms with Crippen LogP contribution < -0.4 is 16.7 Å². The largest absolute Gasteiger partial charge is 0.418 e. The molecule has 12 nitrogen and oxygen atoms in total. The number of hydrogen-bond donors (Lipinski definition) is 3. The average molecular weight is 768 g/mol. The number of rotatable bonds is 6. The molecule has 0 radical (unpaired) electrons. The Morgan fingerprint density at radius 3 is 2.33 bits per heavy atom. The van der Waals surface area contributed by atoms with Crippen LogP contribution in [0, 0.1) is 0 Å². The average Bonchev–Trinajstić information content (AvgIpc) is 3.58. The third-order valence-corrected chi connectivity index (χ3v) is 12.6. The van der Waals surface area contributed by atoms with Gasteiger partial charge in [-0.15, -0.1) is 0 Å². The summed E-state index contributed by atoms with van der Waals surface area (Å²) in [5, 5.41) is 3.45. The van der Waals surface area contributed by atoms with E-state index in [4.69, 9.17) is 17.3 Å². The fourth-order valence-corrected chi connectivity index (χ4v) is 9.56. The number of likely N-dealkylation sites (tertiary alicyclic amines) is 1.